The van der Waals surface area contributed by atoms with Gasteiger partial charge in [0.05, 0.1) is 17.7 Å². The number of halogens is 1. The summed E-state index contributed by atoms with van der Waals surface area (Å²) in [6, 6.07) is 10.4. The minimum absolute atomic E-state index is 0.0151. The van der Waals surface area contributed by atoms with E-state index in [0.29, 0.717) is 17.9 Å². The van der Waals surface area contributed by atoms with E-state index >= 15 is 0 Å². The average Bonchev–Trinajstić information content (AvgIpc) is 3.10. The first-order valence-electron chi connectivity index (χ1n) is 10.2. The number of anilines is 1. The number of para-hydroxylation sites is 1. The van der Waals surface area contributed by atoms with Crippen molar-refractivity contribution in [2.24, 2.45) is 18.0 Å². The molecule has 1 atom stereocenters. The highest BCUT2D eigenvalue weighted by atomic mass is 19.1. The number of hydrogen-bond donors (Lipinski definition) is 1. The molecule has 1 unspecified atom stereocenters. The standard InChI is InChI=1S/C24H23FN4O3/c1-15-8-9-16(18-14-28(2)21-7-5-4-6-17(18)21)10-11-26-24(15)27-20-13-22(29(30)31)19(25)12-23(20)32-3/h4-7,9-15H,8H2,1-3H3,(H,26,27)/b11-10-,16-9-. The molecule has 1 aliphatic rings. The zero-order chi connectivity index (χ0) is 22.8. The lowest BCUT2D eigenvalue weighted by molar-refractivity contribution is -0.387. The molecule has 2 aromatic carbocycles. The number of hydrogen-bond acceptors (Lipinski definition) is 5. The van der Waals surface area contributed by atoms with Gasteiger partial charge in [0, 0.05) is 54.0 Å². The van der Waals surface area contributed by atoms with Crippen LogP contribution < -0.4 is 10.1 Å². The van der Waals surface area contributed by atoms with Gasteiger partial charge < -0.3 is 14.6 Å². The fraction of sp³-hybridized carbons (Fsp3) is 0.208. The van der Waals surface area contributed by atoms with Crippen LogP contribution in [0, 0.1) is 21.8 Å². The van der Waals surface area contributed by atoms with Crippen molar-refractivity contribution in [1.29, 1.82) is 0 Å². The van der Waals surface area contributed by atoms with Crippen LogP contribution in [0.3, 0.4) is 0 Å². The Morgan fingerprint density at radius 2 is 2.09 bits per heavy atom. The van der Waals surface area contributed by atoms with Gasteiger partial charge in [-0.3, -0.25) is 10.1 Å². The van der Waals surface area contributed by atoms with Crippen molar-refractivity contribution in [3.8, 4) is 5.75 Å². The van der Waals surface area contributed by atoms with Crippen molar-refractivity contribution < 1.29 is 14.1 Å². The lowest BCUT2D eigenvalue weighted by Gasteiger charge is -2.18. The molecule has 0 spiro atoms. The molecule has 0 fully saturated rings. The number of nitrogens with zero attached hydrogens (tertiary/aromatic N) is 3. The minimum atomic E-state index is -0.951. The van der Waals surface area contributed by atoms with Crippen LogP contribution in [0.1, 0.15) is 18.9 Å². The van der Waals surface area contributed by atoms with Crippen molar-refractivity contribution in [1.82, 2.24) is 4.57 Å². The summed E-state index contributed by atoms with van der Waals surface area (Å²) >= 11 is 0. The van der Waals surface area contributed by atoms with Gasteiger partial charge in [0.1, 0.15) is 11.6 Å². The molecule has 164 valence electrons. The number of aryl methyl sites for hydroxylation is 1. The molecular formula is C24H23FN4O3. The van der Waals surface area contributed by atoms with E-state index in [0.717, 1.165) is 28.8 Å². The number of fused-ring (bicyclic) bond motifs is 1. The summed E-state index contributed by atoms with van der Waals surface area (Å²) < 4.78 is 21.3. The molecule has 0 aliphatic carbocycles. The number of amidine groups is 1. The number of benzene rings is 2. The smallest absolute Gasteiger partial charge is 0.307 e. The highest BCUT2D eigenvalue weighted by molar-refractivity contribution is 6.00. The van der Waals surface area contributed by atoms with Crippen molar-refractivity contribution in [2.45, 2.75) is 13.3 Å². The lowest BCUT2D eigenvalue weighted by atomic mass is 9.98. The Morgan fingerprint density at radius 1 is 1.31 bits per heavy atom. The van der Waals surface area contributed by atoms with Crippen molar-refractivity contribution in [3.05, 3.63) is 82.4 Å². The van der Waals surface area contributed by atoms with E-state index in [1.807, 2.05) is 32.2 Å². The lowest BCUT2D eigenvalue weighted by Crippen LogP contribution is -2.21. The first-order chi connectivity index (χ1) is 15.4. The number of nitro groups is 1. The third-order valence-electron chi connectivity index (χ3n) is 5.56. The Bertz CT molecular complexity index is 1290. The van der Waals surface area contributed by atoms with Crippen LogP contribution in [0.25, 0.3) is 16.5 Å². The maximum absolute atomic E-state index is 14.0. The van der Waals surface area contributed by atoms with E-state index in [9.17, 15) is 14.5 Å². The zero-order valence-corrected chi connectivity index (χ0v) is 18.0. The molecule has 1 N–H and O–H groups in total. The molecule has 0 amide bonds. The number of nitro benzene ring substituents is 1. The Balaban J connectivity index is 1.66. The zero-order valence-electron chi connectivity index (χ0n) is 18.0. The molecule has 32 heavy (non-hydrogen) atoms. The second-order valence-electron chi connectivity index (χ2n) is 7.68. The normalized spacial score (nSPS) is 18.8. The van der Waals surface area contributed by atoms with Crippen molar-refractivity contribution in [2.75, 3.05) is 12.4 Å². The number of methoxy groups -OCH3 is 1. The summed E-state index contributed by atoms with van der Waals surface area (Å²) in [6.45, 7) is 2.01. The highest BCUT2D eigenvalue weighted by Gasteiger charge is 2.21. The maximum atomic E-state index is 14.0. The summed E-state index contributed by atoms with van der Waals surface area (Å²) in [4.78, 5) is 14.9. The Hall–Kier alpha value is -3.94. The van der Waals surface area contributed by atoms with Crippen LogP contribution in [0.2, 0.25) is 0 Å². The average molecular weight is 434 g/mol. The van der Waals surface area contributed by atoms with Gasteiger partial charge in [-0.25, -0.2) is 4.99 Å². The largest absolute Gasteiger partial charge is 0.494 e. The molecule has 2 heterocycles. The number of aromatic nitrogens is 1. The predicted molar refractivity (Wildman–Crippen MR) is 124 cm³/mol. The molecular weight excluding hydrogens is 411 g/mol. The van der Waals surface area contributed by atoms with Gasteiger partial charge in [0.25, 0.3) is 0 Å². The SMILES string of the molecule is COc1cc(F)c([N+](=O)[O-])cc1NC1=N/C=C\C(c2cn(C)c3ccccc23)=C\CC1C. The molecule has 0 bridgehead atoms. The summed E-state index contributed by atoms with van der Waals surface area (Å²) in [5.41, 5.74) is 3.03. The molecule has 3 aromatic rings. The summed E-state index contributed by atoms with van der Waals surface area (Å²) in [7, 11) is 3.41. The molecule has 1 aromatic heterocycles. The molecule has 1 aliphatic heterocycles. The van der Waals surface area contributed by atoms with E-state index in [-0.39, 0.29) is 11.7 Å². The van der Waals surface area contributed by atoms with Crippen LogP contribution in [-0.4, -0.2) is 22.4 Å². The van der Waals surface area contributed by atoms with Gasteiger partial charge in [-0.15, -0.1) is 0 Å². The maximum Gasteiger partial charge on any atom is 0.307 e. The quantitative estimate of drug-likeness (QED) is 0.423. The summed E-state index contributed by atoms with van der Waals surface area (Å²) in [5.74, 6) is -0.193. The molecule has 8 heteroatoms. The third-order valence-corrected chi connectivity index (χ3v) is 5.56. The Morgan fingerprint density at radius 3 is 2.84 bits per heavy atom. The van der Waals surface area contributed by atoms with Gasteiger partial charge in [-0.1, -0.05) is 31.2 Å². The topological polar surface area (TPSA) is 81.7 Å². The van der Waals surface area contributed by atoms with Gasteiger partial charge >= 0.3 is 5.69 Å². The summed E-state index contributed by atoms with van der Waals surface area (Å²) in [6.07, 6.45) is 8.61. The van der Waals surface area contributed by atoms with Gasteiger partial charge in [-0.05, 0) is 24.1 Å². The molecule has 7 nitrogen and oxygen atoms in total. The van der Waals surface area contributed by atoms with E-state index in [2.05, 4.69) is 39.3 Å². The van der Waals surface area contributed by atoms with E-state index in [4.69, 9.17) is 4.74 Å². The molecule has 0 saturated heterocycles. The fourth-order valence-corrected chi connectivity index (χ4v) is 3.82. The number of aliphatic imine (C=N–C) groups is 1. The predicted octanol–water partition coefficient (Wildman–Crippen LogP) is 5.68. The minimum Gasteiger partial charge on any atom is -0.494 e. The number of allylic oxidation sites excluding steroid dienone is 3. The van der Waals surface area contributed by atoms with Crippen LogP contribution >= 0.6 is 0 Å². The van der Waals surface area contributed by atoms with Crippen LogP contribution in [0.15, 0.2) is 65.9 Å². The van der Waals surface area contributed by atoms with E-state index in [1.54, 1.807) is 6.20 Å². The summed E-state index contributed by atoms with van der Waals surface area (Å²) in [5, 5.41) is 15.4. The second kappa shape index (κ2) is 8.66. The Labute approximate surface area is 184 Å². The van der Waals surface area contributed by atoms with Gasteiger partial charge in [-0.2, -0.15) is 4.39 Å². The van der Waals surface area contributed by atoms with Crippen molar-refractivity contribution in [3.63, 3.8) is 0 Å². The second-order valence-corrected chi connectivity index (χ2v) is 7.68. The number of ether oxygens (including phenoxy) is 1. The Kier molecular flexibility index (Phi) is 5.77. The van der Waals surface area contributed by atoms with E-state index < -0.39 is 16.4 Å². The van der Waals surface area contributed by atoms with Crippen LogP contribution in [-0.2, 0) is 7.05 Å². The highest BCUT2D eigenvalue weighted by Crippen LogP contribution is 2.33. The van der Waals surface area contributed by atoms with Gasteiger partial charge in [0.15, 0.2) is 0 Å². The molecule has 0 radical (unpaired) electrons. The monoisotopic (exact) mass is 434 g/mol. The number of nitrogens with one attached hydrogen (secondary N) is 1. The van der Waals surface area contributed by atoms with Gasteiger partial charge in [0.2, 0.25) is 5.82 Å². The van der Waals surface area contributed by atoms with Crippen molar-refractivity contribution >= 4 is 33.7 Å². The fourth-order valence-electron chi connectivity index (χ4n) is 3.82. The first-order valence-corrected chi connectivity index (χ1v) is 10.2. The number of rotatable bonds is 4. The first kappa shape index (κ1) is 21.3. The van der Waals surface area contributed by atoms with Crippen LogP contribution in [0.4, 0.5) is 15.8 Å². The molecule has 4 rings (SSSR count). The molecule has 0 saturated carbocycles. The van der Waals surface area contributed by atoms with Crippen LogP contribution in [0.5, 0.6) is 5.75 Å². The third kappa shape index (κ3) is 3.99. The van der Waals surface area contributed by atoms with E-state index in [1.165, 1.54) is 12.5 Å².